The van der Waals surface area contributed by atoms with E-state index in [1.54, 1.807) is 48.5 Å². The molecule has 6 N–H and O–H groups in total. The number of amides is 1. The molecule has 12 nitrogen and oxygen atoms in total. The molecule has 3 aliphatic heterocycles. The lowest BCUT2D eigenvalue weighted by Crippen LogP contribution is -2.38. The number of aliphatic imine (C=N–C) groups is 1. The number of hydrogen-bond donors (Lipinski definition) is 5. The van der Waals surface area contributed by atoms with Gasteiger partial charge in [0.2, 0.25) is 0 Å². The fraction of sp³-hybridized carbons (Fsp3) is 0.333. The van der Waals surface area contributed by atoms with Crippen molar-refractivity contribution in [1.29, 1.82) is 0 Å². The van der Waals surface area contributed by atoms with Crippen LogP contribution < -0.4 is 21.3 Å². The summed E-state index contributed by atoms with van der Waals surface area (Å²) in [6.07, 6.45) is 0.855. The summed E-state index contributed by atoms with van der Waals surface area (Å²) in [5, 5.41) is 27.1. The van der Waals surface area contributed by atoms with Crippen LogP contribution in [-0.4, -0.2) is 81.9 Å². The van der Waals surface area contributed by atoms with E-state index >= 15 is 0 Å². The van der Waals surface area contributed by atoms with Gasteiger partial charge >= 0.3 is 6.09 Å². The highest BCUT2D eigenvalue weighted by Gasteiger charge is 2.33. The lowest BCUT2D eigenvalue weighted by atomic mass is 9.99. The van der Waals surface area contributed by atoms with E-state index in [9.17, 15) is 23.8 Å². The summed E-state index contributed by atoms with van der Waals surface area (Å²) in [6.45, 7) is 9.00. The molecule has 0 radical (unpaired) electrons. The van der Waals surface area contributed by atoms with Gasteiger partial charge in [-0.2, -0.15) is 0 Å². The van der Waals surface area contributed by atoms with Crippen LogP contribution in [0.3, 0.4) is 0 Å². The Morgan fingerprint density at radius 1 is 0.911 bits per heavy atom. The molecular formula is C42H46F2N8O4. The number of halogens is 2. The number of phenols is 2. The number of amidine groups is 1. The van der Waals surface area contributed by atoms with Crippen LogP contribution in [0.5, 0.6) is 11.5 Å². The monoisotopic (exact) mass is 764 g/mol. The Bertz CT molecular complexity index is 2260. The summed E-state index contributed by atoms with van der Waals surface area (Å²) < 4.78 is 33.1. The van der Waals surface area contributed by atoms with Crippen molar-refractivity contribution in [1.82, 2.24) is 20.2 Å². The van der Waals surface area contributed by atoms with Gasteiger partial charge in [-0.15, -0.1) is 0 Å². The third-order valence-corrected chi connectivity index (χ3v) is 9.79. The van der Waals surface area contributed by atoms with Crippen LogP contribution in [-0.2, 0) is 4.74 Å². The second kappa shape index (κ2) is 16.1. The lowest BCUT2D eigenvalue weighted by Gasteiger charge is -2.31. The SMILES string of the molecule is CC(C)(C)COC(=O)N[C@@H]1CCN(c2nc(-c3ccccc3O)nc3ccc(F)cc23)C1.N[C@@H]1CCN(C2N=C(c3ccccc3O)Nc3ccc(F)cc32)C1. The maximum atomic E-state index is 14.0. The Kier molecular flexibility index (Phi) is 11.0. The number of benzene rings is 4. The standard InChI is InChI=1S/C24H27FN4O3.C18H19FN4O/c1-24(2,3)14-32-23(31)26-16-10-11-29(13-16)22-18-12-15(25)8-9-19(18)27-21(28-22)17-6-4-5-7-20(17)30;19-11-5-6-15-14(9-11)18(23-8-7-12(20)10-23)22-17(21-15)13-3-1-2-4-16(13)24/h4-9,12,16,30H,10-11,13-14H2,1-3H3,(H,26,31);1-6,9,12,18,24H,7-8,10,20H2,(H,21,22)/t16-;12-,18?/m11/s1. The van der Waals surface area contributed by atoms with E-state index in [0.717, 1.165) is 30.8 Å². The molecule has 1 amide bonds. The van der Waals surface area contributed by atoms with E-state index in [-0.39, 0.29) is 46.8 Å². The van der Waals surface area contributed by atoms with Gasteiger partial charge in [0.05, 0.1) is 29.3 Å². The van der Waals surface area contributed by atoms with Gasteiger partial charge in [-0.05, 0) is 78.9 Å². The zero-order chi connectivity index (χ0) is 39.6. The quantitative estimate of drug-likeness (QED) is 0.123. The smallest absolute Gasteiger partial charge is 0.407 e. The van der Waals surface area contributed by atoms with E-state index in [4.69, 9.17) is 15.5 Å². The average molecular weight is 765 g/mol. The first-order valence-electron chi connectivity index (χ1n) is 18.7. The van der Waals surface area contributed by atoms with Gasteiger partial charge < -0.3 is 36.2 Å². The molecular weight excluding hydrogens is 719 g/mol. The van der Waals surface area contributed by atoms with Gasteiger partial charge in [0.15, 0.2) is 5.82 Å². The Labute approximate surface area is 324 Å². The van der Waals surface area contributed by atoms with Crippen molar-refractivity contribution >= 4 is 34.3 Å². The third-order valence-electron chi connectivity index (χ3n) is 9.79. The lowest BCUT2D eigenvalue weighted by molar-refractivity contribution is 0.104. The number of carbonyl (C=O) groups excluding carboxylic acids is 1. The van der Waals surface area contributed by atoms with Gasteiger partial charge in [-0.25, -0.2) is 28.5 Å². The summed E-state index contributed by atoms with van der Waals surface area (Å²) in [7, 11) is 0. The number of aromatic nitrogens is 2. The van der Waals surface area contributed by atoms with Crippen molar-refractivity contribution < 1.29 is 28.5 Å². The second-order valence-corrected chi connectivity index (χ2v) is 15.5. The van der Waals surface area contributed by atoms with Crippen LogP contribution in [0.15, 0.2) is 89.9 Å². The number of alkyl carbamates (subject to hydrolysis) is 1. The van der Waals surface area contributed by atoms with Gasteiger partial charge in [-0.1, -0.05) is 45.0 Å². The topological polar surface area (TPSA) is 161 Å². The number of nitrogens with two attached hydrogens (primary N) is 1. The van der Waals surface area contributed by atoms with E-state index in [1.165, 1.54) is 24.3 Å². The Hall–Kier alpha value is -5.86. The maximum absolute atomic E-state index is 14.0. The summed E-state index contributed by atoms with van der Waals surface area (Å²) in [6, 6.07) is 22.9. The minimum atomic E-state index is -0.444. The number of hydrogen-bond acceptors (Lipinski definition) is 11. The van der Waals surface area contributed by atoms with Crippen molar-refractivity contribution in [2.24, 2.45) is 16.1 Å². The Balaban J connectivity index is 0.000000178. The minimum Gasteiger partial charge on any atom is -0.507 e. The number of anilines is 2. The number of rotatable bonds is 6. The highest BCUT2D eigenvalue weighted by molar-refractivity contribution is 6.11. The largest absolute Gasteiger partial charge is 0.507 e. The number of para-hydroxylation sites is 2. The Morgan fingerprint density at radius 2 is 1.61 bits per heavy atom. The molecule has 1 aromatic heterocycles. The van der Waals surface area contributed by atoms with E-state index in [1.807, 2.05) is 37.8 Å². The van der Waals surface area contributed by atoms with Gasteiger partial charge in [0.1, 0.15) is 41.0 Å². The fourth-order valence-electron chi connectivity index (χ4n) is 7.01. The van der Waals surface area contributed by atoms with Crippen molar-refractivity contribution in [2.75, 3.05) is 43.0 Å². The van der Waals surface area contributed by atoms with Crippen molar-refractivity contribution in [3.8, 4) is 22.9 Å². The van der Waals surface area contributed by atoms with Crippen LogP contribution in [0.2, 0.25) is 0 Å². The molecule has 292 valence electrons. The van der Waals surface area contributed by atoms with Crippen molar-refractivity contribution in [2.45, 2.75) is 51.9 Å². The molecule has 3 atom stereocenters. The van der Waals surface area contributed by atoms with Gasteiger partial charge in [0, 0.05) is 48.9 Å². The molecule has 2 fully saturated rings. The molecule has 4 aromatic carbocycles. The summed E-state index contributed by atoms with van der Waals surface area (Å²) in [4.78, 5) is 30.3. The molecule has 0 bridgehead atoms. The fourth-order valence-corrected chi connectivity index (χ4v) is 7.01. The third kappa shape index (κ3) is 8.82. The molecule has 2 saturated heterocycles. The predicted octanol–water partition coefficient (Wildman–Crippen LogP) is 6.93. The molecule has 8 rings (SSSR count). The van der Waals surface area contributed by atoms with Crippen LogP contribution in [0.4, 0.5) is 25.1 Å². The van der Waals surface area contributed by atoms with Crippen molar-refractivity contribution in [3.63, 3.8) is 0 Å². The first-order chi connectivity index (χ1) is 26.8. The number of nitrogens with zero attached hydrogens (tertiary/aromatic N) is 5. The number of aromatic hydroxyl groups is 2. The number of nitrogens with one attached hydrogen (secondary N) is 2. The highest BCUT2D eigenvalue weighted by atomic mass is 19.1. The van der Waals surface area contributed by atoms with E-state index < -0.39 is 6.09 Å². The summed E-state index contributed by atoms with van der Waals surface area (Å²) >= 11 is 0. The van der Waals surface area contributed by atoms with E-state index in [2.05, 4.69) is 25.5 Å². The molecule has 14 heteroatoms. The number of fused-ring (bicyclic) bond motifs is 2. The first-order valence-corrected chi connectivity index (χ1v) is 18.7. The number of phenolic OH excluding ortho intramolecular Hbond substituents is 2. The van der Waals surface area contributed by atoms with Crippen LogP contribution in [0.1, 0.15) is 50.9 Å². The van der Waals surface area contributed by atoms with Crippen LogP contribution in [0.25, 0.3) is 22.3 Å². The van der Waals surface area contributed by atoms with Crippen LogP contribution in [0, 0.1) is 17.0 Å². The molecule has 4 heterocycles. The normalized spacial score (nSPS) is 19.4. The summed E-state index contributed by atoms with van der Waals surface area (Å²) in [5.74, 6) is 1.08. The molecule has 1 unspecified atom stereocenters. The molecule has 56 heavy (non-hydrogen) atoms. The van der Waals surface area contributed by atoms with Crippen LogP contribution >= 0.6 is 0 Å². The maximum Gasteiger partial charge on any atom is 0.407 e. The molecule has 0 saturated carbocycles. The van der Waals surface area contributed by atoms with Crippen molar-refractivity contribution in [3.05, 3.63) is 108 Å². The van der Waals surface area contributed by atoms with Gasteiger partial charge in [-0.3, -0.25) is 4.90 Å². The number of carbonyl (C=O) groups is 1. The highest BCUT2D eigenvalue weighted by Crippen LogP contribution is 2.37. The van der Waals surface area contributed by atoms with E-state index in [0.29, 0.717) is 65.6 Å². The molecule has 3 aliphatic rings. The molecule has 0 aliphatic carbocycles. The predicted molar refractivity (Wildman–Crippen MR) is 213 cm³/mol. The summed E-state index contributed by atoms with van der Waals surface area (Å²) in [5.41, 5.74) is 9.22. The minimum absolute atomic E-state index is 0.0717. The molecule has 5 aromatic rings. The average Bonchev–Trinajstić information content (AvgIpc) is 3.82. The zero-order valence-electron chi connectivity index (χ0n) is 31.5. The second-order valence-electron chi connectivity index (χ2n) is 15.5. The first kappa shape index (κ1) is 38.4. The Morgan fingerprint density at radius 3 is 2.30 bits per heavy atom. The van der Waals surface area contributed by atoms with Gasteiger partial charge in [0.25, 0.3) is 0 Å². The number of ether oxygens (including phenoxy) is 1. The molecule has 0 spiro atoms. The number of likely N-dealkylation sites (tertiary alicyclic amines) is 1. The zero-order valence-corrected chi connectivity index (χ0v) is 31.5.